The molecule has 0 heterocycles. The van der Waals surface area contributed by atoms with E-state index in [0.29, 0.717) is 30.9 Å². The predicted octanol–water partition coefficient (Wildman–Crippen LogP) is 10.9. The fourth-order valence-electron chi connectivity index (χ4n) is 4.79. The summed E-state index contributed by atoms with van der Waals surface area (Å²) in [6, 6.07) is 5.19. The maximum atomic E-state index is 12.6. The maximum absolute atomic E-state index is 12.6. The average molecular weight is 561 g/mol. The van der Waals surface area contributed by atoms with Crippen LogP contribution < -0.4 is 14.2 Å². The summed E-state index contributed by atoms with van der Waals surface area (Å²) in [4.78, 5) is 25.2. The maximum Gasteiger partial charge on any atom is 0.311 e. The van der Waals surface area contributed by atoms with Crippen LogP contribution in [0.5, 0.6) is 17.2 Å². The fourth-order valence-corrected chi connectivity index (χ4v) is 4.79. The molecule has 0 bridgehead atoms. The summed E-state index contributed by atoms with van der Waals surface area (Å²) in [5, 5.41) is 0. The monoisotopic (exact) mass is 560 g/mol. The van der Waals surface area contributed by atoms with Crippen LogP contribution in [0.25, 0.3) is 0 Å². The average Bonchev–Trinajstić information content (AvgIpc) is 2.94. The molecule has 40 heavy (non-hydrogen) atoms. The fraction of sp³-hybridized carbons (Fsp3) is 0.771. The van der Waals surface area contributed by atoms with Crippen molar-refractivity contribution >= 4 is 11.9 Å². The topological polar surface area (TPSA) is 61.8 Å². The molecule has 230 valence electrons. The van der Waals surface area contributed by atoms with Gasteiger partial charge in [0, 0.05) is 18.9 Å². The molecule has 0 aromatic heterocycles. The van der Waals surface area contributed by atoms with Crippen molar-refractivity contribution in [1.82, 2.24) is 0 Å². The summed E-state index contributed by atoms with van der Waals surface area (Å²) in [7, 11) is 0. The van der Waals surface area contributed by atoms with Crippen LogP contribution in [-0.4, -0.2) is 18.5 Å². The lowest BCUT2D eigenvalue weighted by atomic mass is 10.1. The molecular weight excluding hydrogens is 500 g/mol. The Morgan fingerprint density at radius 2 is 0.900 bits per heavy atom. The van der Waals surface area contributed by atoms with E-state index < -0.39 is 0 Å². The number of carbonyl (C=O) groups is 2. The van der Waals surface area contributed by atoms with E-state index in [-0.39, 0.29) is 17.7 Å². The predicted molar refractivity (Wildman–Crippen MR) is 166 cm³/mol. The Kier molecular flexibility index (Phi) is 23.3. The highest BCUT2D eigenvalue weighted by atomic mass is 16.6. The molecule has 0 fully saturated rings. The van der Waals surface area contributed by atoms with Gasteiger partial charge in [-0.1, -0.05) is 136 Å². The number of hydrogen-bond donors (Lipinski definition) is 0. The van der Waals surface area contributed by atoms with Gasteiger partial charge in [-0.25, -0.2) is 0 Å². The standard InChI is InChI=1S/C35H60O5/c1-4-7-10-13-16-19-22-25-34(36)39-32-28-27-31(38-29-24-21-18-15-12-9-6-3)30-33(32)40-35(37)26-23-20-17-14-11-8-5-2/h27-28,30H,4-26,29H2,1-3H3. The Hall–Kier alpha value is -2.04. The number of unbranched alkanes of at least 4 members (excludes halogenated alkanes) is 18. The largest absolute Gasteiger partial charge is 0.493 e. The Balaban J connectivity index is 2.57. The number of esters is 2. The molecule has 0 aliphatic heterocycles. The molecule has 0 atom stereocenters. The van der Waals surface area contributed by atoms with Gasteiger partial charge in [-0.2, -0.15) is 0 Å². The third-order valence-corrected chi connectivity index (χ3v) is 7.35. The third kappa shape index (κ3) is 19.9. The Bertz CT molecular complexity index is 760. The minimum absolute atomic E-state index is 0.276. The van der Waals surface area contributed by atoms with Crippen LogP contribution in [0.3, 0.4) is 0 Å². The minimum Gasteiger partial charge on any atom is -0.493 e. The van der Waals surface area contributed by atoms with Crippen LogP contribution in [0.15, 0.2) is 18.2 Å². The van der Waals surface area contributed by atoms with Gasteiger partial charge in [0.1, 0.15) is 5.75 Å². The summed E-state index contributed by atoms with van der Waals surface area (Å²) in [6.45, 7) is 7.29. The van der Waals surface area contributed by atoms with Gasteiger partial charge >= 0.3 is 11.9 Å². The first-order valence-electron chi connectivity index (χ1n) is 16.8. The zero-order chi connectivity index (χ0) is 29.1. The van der Waals surface area contributed by atoms with Crippen molar-refractivity contribution in [3.63, 3.8) is 0 Å². The van der Waals surface area contributed by atoms with E-state index in [2.05, 4.69) is 20.8 Å². The van der Waals surface area contributed by atoms with Crippen molar-refractivity contribution in [3.8, 4) is 17.2 Å². The third-order valence-electron chi connectivity index (χ3n) is 7.35. The van der Waals surface area contributed by atoms with Crippen LogP contribution in [0, 0.1) is 0 Å². The van der Waals surface area contributed by atoms with Gasteiger partial charge in [0.15, 0.2) is 11.5 Å². The van der Waals surface area contributed by atoms with Gasteiger partial charge in [0.05, 0.1) is 6.61 Å². The van der Waals surface area contributed by atoms with Crippen LogP contribution in [0.2, 0.25) is 0 Å². The summed E-state index contributed by atoms with van der Waals surface area (Å²) >= 11 is 0. The second-order valence-corrected chi connectivity index (χ2v) is 11.3. The molecule has 0 spiro atoms. The number of hydrogen-bond acceptors (Lipinski definition) is 5. The quantitative estimate of drug-likeness (QED) is 0.0608. The highest BCUT2D eigenvalue weighted by Gasteiger charge is 2.15. The SMILES string of the molecule is CCCCCCCCCOc1ccc(OC(=O)CCCCCCCCC)c(OC(=O)CCCCCCCCC)c1. The molecule has 0 saturated carbocycles. The van der Waals surface area contributed by atoms with Crippen molar-refractivity contribution in [3.05, 3.63) is 18.2 Å². The summed E-state index contributed by atoms with van der Waals surface area (Å²) in [5.74, 6) is 0.635. The molecule has 0 aliphatic carbocycles. The molecular formula is C35H60O5. The van der Waals surface area contributed by atoms with Crippen LogP contribution in [-0.2, 0) is 9.59 Å². The molecule has 5 nitrogen and oxygen atoms in total. The van der Waals surface area contributed by atoms with Gasteiger partial charge in [-0.3, -0.25) is 9.59 Å². The highest BCUT2D eigenvalue weighted by molar-refractivity contribution is 5.76. The first-order valence-corrected chi connectivity index (χ1v) is 16.8. The van der Waals surface area contributed by atoms with E-state index in [4.69, 9.17) is 14.2 Å². The van der Waals surface area contributed by atoms with E-state index in [1.807, 2.05) is 0 Å². The number of carbonyl (C=O) groups excluding carboxylic acids is 2. The summed E-state index contributed by atoms with van der Waals surface area (Å²) in [6.07, 6.45) is 25.3. The number of benzene rings is 1. The Morgan fingerprint density at radius 1 is 0.500 bits per heavy atom. The number of ether oxygens (including phenoxy) is 3. The summed E-state index contributed by atoms with van der Waals surface area (Å²) < 4.78 is 17.3. The van der Waals surface area contributed by atoms with Gasteiger partial charge in [0.25, 0.3) is 0 Å². The van der Waals surface area contributed by atoms with Gasteiger partial charge in [-0.05, 0) is 31.4 Å². The zero-order valence-corrected chi connectivity index (χ0v) is 26.2. The highest BCUT2D eigenvalue weighted by Crippen LogP contribution is 2.33. The normalized spacial score (nSPS) is 11.0. The Morgan fingerprint density at radius 3 is 1.38 bits per heavy atom. The van der Waals surface area contributed by atoms with Crippen molar-refractivity contribution in [1.29, 1.82) is 0 Å². The van der Waals surface area contributed by atoms with Crippen molar-refractivity contribution in [2.75, 3.05) is 6.61 Å². The van der Waals surface area contributed by atoms with Gasteiger partial charge < -0.3 is 14.2 Å². The molecule has 0 unspecified atom stereocenters. The van der Waals surface area contributed by atoms with Crippen LogP contribution >= 0.6 is 0 Å². The second kappa shape index (κ2) is 25.9. The lowest BCUT2D eigenvalue weighted by molar-refractivity contribution is -0.137. The first kappa shape index (κ1) is 36.0. The number of rotatable bonds is 27. The van der Waals surface area contributed by atoms with Crippen molar-refractivity contribution in [2.45, 2.75) is 168 Å². The molecule has 0 radical (unpaired) electrons. The van der Waals surface area contributed by atoms with E-state index in [1.54, 1.807) is 18.2 Å². The molecule has 0 aliphatic rings. The first-order chi connectivity index (χ1) is 19.6. The van der Waals surface area contributed by atoms with Crippen LogP contribution in [0.4, 0.5) is 0 Å². The molecule has 0 amide bonds. The van der Waals surface area contributed by atoms with Gasteiger partial charge in [0.2, 0.25) is 0 Å². The molecule has 1 aromatic rings. The van der Waals surface area contributed by atoms with E-state index in [0.717, 1.165) is 51.4 Å². The molecule has 1 rings (SSSR count). The smallest absolute Gasteiger partial charge is 0.311 e. The zero-order valence-electron chi connectivity index (χ0n) is 26.2. The summed E-state index contributed by atoms with van der Waals surface area (Å²) in [5.41, 5.74) is 0. The van der Waals surface area contributed by atoms with E-state index in [9.17, 15) is 9.59 Å². The second-order valence-electron chi connectivity index (χ2n) is 11.3. The Labute approximate surface area is 246 Å². The van der Waals surface area contributed by atoms with Crippen LogP contribution in [0.1, 0.15) is 168 Å². The lowest BCUT2D eigenvalue weighted by Crippen LogP contribution is -2.12. The van der Waals surface area contributed by atoms with E-state index in [1.165, 1.54) is 83.5 Å². The minimum atomic E-state index is -0.290. The lowest BCUT2D eigenvalue weighted by Gasteiger charge is -2.13. The molecule has 1 aromatic carbocycles. The molecule has 5 heteroatoms. The molecule has 0 saturated heterocycles. The van der Waals surface area contributed by atoms with Crippen molar-refractivity contribution in [2.24, 2.45) is 0 Å². The van der Waals surface area contributed by atoms with Crippen molar-refractivity contribution < 1.29 is 23.8 Å². The van der Waals surface area contributed by atoms with E-state index >= 15 is 0 Å². The van der Waals surface area contributed by atoms with Gasteiger partial charge in [-0.15, -0.1) is 0 Å². The molecule has 0 N–H and O–H groups in total.